The average molecular weight is 422 g/mol. The highest BCUT2D eigenvalue weighted by Gasteiger charge is 2.13. The number of aromatic amines is 1. The van der Waals surface area contributed by atoms with Gasteiger partial charge in [0.05, 0.1) is 6.61 Å². The summed E-state index contributed by atoms with van der Waals surface area (Å²) in [6, 6.07) is 7.62. The van der Waals surface area contributed by atoms with Gasteiger partial charge in [-0.1, -0.05) is 95.7 Å². The Balaban J connectivity index is 1.52. The number of nitrogens with zero attached hydrogens (tertiary/aromatic N) is 3. The molecule has 6 heteroatoms. The molecular weight excluding hydrogens is 386 g/mol. The Morgan fingerprint density at radius 2 is 1.42 bits per heavy atom. The maximum absolute atomic E-state index is 7.05. The number of unbranched alkanes of at least 4 members (excludes halogenated alkanes) is 11. The summed E-state index contributed by atoms with van der Waals surface area (Å²) in [7, 11) is 0. The summed E-state index contributed by atoms with van der Waals surface area (Å²) >= 11 is 0. The number of benzene rings is 1. The summed E-state index contributed by atoms with van der Waals surface area (Å²) in [6.45, 7) is 17.1. The lowest BCUT2D eigenvalue weighted by atomic mass is 10.1. The van der Waals surface area contributed by atoms with E-state index in [0.29, 0.717) is 5.95 Å². The lowest BCUT2D eigenvalue weighted by Gasteiger charge is -2.07. The molecule has 0 radical (unpaired) electrons. The lowest BCUT2D eigenvalue weighted by molar-refractivity contribution is 0.304. The van der Waals surface area contributed by atoms with Gasteiger partial charge in [-0.25, -0.2) is 0 Å². The zero-order valence-electron chi connectivity index (χ0n) is 18.8. The zero-order chi connectivity index (χ0) is 22.2. The summed E-state index contributed by atoms with van der Waals surface area (Å²) in [5.41, 5.74) is 0.819. The summed E-state index contributed by atoms with van der Waals surface area (Å²) in [4.78, 5) is 13.4. The maximum atomic E-state index is 7.05. The van der Waals surface area contributed by atoms with Crippen LogP contribution in [0.2, 0.25) is 0 Å². The number of imidazole rings is 1. The van der Waals surface area contributed by atoms with E-state index in [-0.39, 0.29) is 11.6 Å². The third kappa shape index (κ3) is 9.57. The van der Waals surface area contributed by atoms with Crippen LogP contribution in [0.4, 0.5) is 23.3 Å². The standard InChI is InChI=1S/C25H35N5O/c1-4-5-6-7-8-9-10-11-12-13-14-15-20-31-22-18-16-21(17-19-22)28-25-29-23(26-2)24(27-3)30-25/h16-19H,4-15,20H2,1H3,(H2,28,29,30). The molecule has 1 aromatic heterocycles. The van der Waals surface area contributed by atoms with Crippen molar-refractivity contribution in [1.29, 1.82) is 0 Å². The second kappa shape index (κ2) is 14.9. The summed E-state index contributed by atoms with van der Waals surface area (Å²) < 4.78 is 5.83. The Kier molecular flexibility index (Phi) is 11.7. The molecule has 0 spiro atoms. The summed E-state index contributed by atoms with van der Waals surface area (Å²) in [6.07, 6.45) is 16.1. The fraction of sp³-hybridized carbons (Fsp3) is 0.560. The van der Waals surface area contributed by atoms with Crippen LogP contribution in [-0.4, -0.2) is 16.6 Å². The van der Waals surface area contributed by atoms with E-state index in [1.165, 1.54) is 70.6 Å². The van der Waals surface area contributed by atoms with Gasteiger partial charge in [0.1, 0.15) is 5.75 Å². The van der Waals surface area contributed by atoms with Gasteiger partial charge in [0, 0.05) is 5.69 Å². The molecule has 0 atom stereocenters. The van der Waals surface area contributed by atoms with Gasteiger partial charge >= 0.3 is 5.95 Å². The molecule has 0 fully saturated rings. The van der Waals surface area contributed by atoms with Crippen molar-refractivity contribution in [3.05, 3.63) is 47.1 Å². The molecule has 2 aromatic rings. The molecule has 0 saturated heterocycles. The molecule has 0 aliphatic carbocycles. The minimum Gasteiger partial charge on any atom is -0.494 e. The number of rotatable bonds is 16. The summed E-state index contributed by atoms with van der Waals surface area (Å²) in [5.74, 6) is 1.47. The summed E-state index contributed by atoms with van der Waals surface area (Å²) in [5, 5.41) is 3.07. The molecule has 0 aliphatic rings. The van der Waals surface area contributed by atoms with Crippen LogP contribution in [-0.2, 0) is 0 Å². The Labute approximate surface area is 187 Å². The number of nitrogens with one attached hydrogen (secondary N) is 2. The maximum Gasteiger partial charge on any atom is 0.373 e. The Bertz CT molecular complexity index is 798. The van der Waals surface area contributed by atoms with Crippen LogP contribution >= 0.6 is 0 Å². The number of ether oxygens (including phenoxy) is 1. The second-order valence-electron chi connectivity index (χ2n) is 7.87. The van der Waals surface area contributed by atoms with Crippen molar-refractivity contribution in [3.8, 4) is 5.75 Å². The van der Waals surface area contributed by atoms with E-state index < -0.39 is 0 Å². The third-order valence-electron chi connectivity index (χ3n) is 5.27. The van der Waals surface area contributed by atoms with E-state index in [4.69, 9.17) is 17.9 Å². The monoisotopic (exact) mass is 421 g/mol. The molecule has 6 nitrogen and oxygen atoms in total. The molecule has 166 valence electrons. The van der Waals surface area contributed by atoms with Gasteiger partial charge in [0.15, 0.2) is 0 Å². The van der Waals surface area contributed by atoms with Crippen LogP contribution in [0.3, 0.4) is 0 Å². The highest BCUT2D eigenvalue weighted by molar-refractivity contribution is 5.68. The van der Waals surface area contributed by atoms with E-state index in [0.717, 1.165) is 24.5 Å². The predicted molar refractivity (Wildman–Crippen MR) is 127 cm³/mol. The molecule has 1 heterocycles. The van der Waals surface area contributed by atoms with Gasteiger partial charge < -0.3 is 14.4 Å². The van der Waals surface area contributed by atoms with Gasteiger partial charge in [-0.3, -0.25) is 10.3 Å². The SMILES string of the molecule is [C-]#[N+]c1nc(Nc2ccc(OCCCCCCCCCCCCCC)cc2)[nH]c1[N+]#[C-]. The van der Waals surface area contributed by atoms with Crippen molar-refractivity contribution >= 4 is 23.3 Å². The molecule has 0 unspecified atom stereocenters. The molecular formula is C25H35N5O. The fourth-order valence-electron chi connectivity index (χ4n) is 3.47. The number of anilines is 2. The minimum absolute atomic E-state index is 0.0832. The first-order valence-corrected chi connectivity index (χ1v) is 11.6. The molecule has 0 bridgehead atoms. The third-order valence-corrected chi connectivity index (χ3v) is 5.27. The van der Waals surface area contributed by atoms with Crippen molar-refractivity contribution in [3.63, 3.8) is 0 Å². The van der Waals surface area contributed by atoms with Crippen molar-refractivity contribution in [2.45, 2.75) is 84.0 Å². The highest BCUT2D eigenvalue weighted by atomic mass is 16.5. The fourth-order valence-corrected chi connectivity index (χ4v) is 3.47. The van der Waals surface area contributed by atoms with Gasteiger partial charge in [-0.15, -0.1) is 0 Å². The molecule has 0 aliphatic heterocycles. The number of hydrogen-bond acceptors (Lipinski definition) is 3. The molecule has 31 heavy (non-hydrogen) atoms. The van der Waals surface area contributed by atoms with Gasteiger partial charge in [0.25, 0.3) is 11.6 Å². The smallest absolute Gasteiger partial charge is 0.373 e. The quantitative estimate of drug-likeness (QED) is 0.211. The normalized spacial score (nSPS) is 10.4. The van der Waals surface area contributed by atoms with E-state index in [9.17, 15) is 0 Å². The van der Waals surface area contributed by atoms with E-state index >= 15 is 0 Å². The van der Waals surface area contributed by atoms with Crippen molar-refractivity contribution in [1.82, 2.24) is 9.97 Å². The first kappa shape index (κ1) is 24.3. The first-order valence-electron chi connectivity index (χ1n) is 11.6. The Morgan fingerprint density at radius 1 is 0.839 bits per heavy atom. The second-order valence-corrected chi connectivity index (χ2v) is 7.87. The van der Waals surface area contributed by atoms with Gasteiger partial charge in [0.2, 0.25) is 0 Å². The largest absolute Gasteiger partial charge is 0.494 e. The molecule has 0 saturated carbocycles. The highest BCUT2D eigenvalue weighted by Crippen LogP contribution is 2.28. The predicted octanol–water partition coefficient (Wildman–Crippen LogP) is 8.33. The minimum atomic E-state index is 0.0832. The Morgan fingerprint density at radius 3 is 1.94 bits per heavy atom. The van der Waals surface area contributed by atoms with Crippen LogP contribution in [0, 0.1) is 13.1 Å². The first-order chi connectivity index (χ1) is 15.3. The van der Waals surface area contributed by atoms with Crippen LogP contribution in [0.15, 0.2) is 24.3 Å². The Hall–Kier alpha value is -2.99. The zero-order valence-corrected chi connectivity index (χ0v) is 18.8. The van der Waals surface area contributed by atoms with Crippen molar-refractivity contribution < 1.29 is 4.74 Å². The number of H-pyrrole nitrogens is 1. The molecule has 1 aromatic carbocycles. The number of hydrogen-bond donors (Lipinski definition) is 2. The number of aromatic nitrogens is 2. The molecule has 2 rings (SSSR count). The van der Waals surface area contributed by atoms with Crippen LogP contribution < -0.4 is 10.1 Å². The van der Waals surface area contributed by atoms with Crippen LogP contribution in [0.1, 0.15) is 84.0 Å². The topological polar surface area (TPSA) is 58.7 Å². The molecule has 0 amide bonds. The van der Waals surface area contributed by atoms with Crippen LogP contribution in [0.25, 0.3) is 9.69 Å². The van der Waals surface area contributed by atoms with E-state index in [1.54, 1.807) is 0 Å². The molecule has 2 N–H and O–H groups in total. The van der Waals surface area contributed by atoms with Crippen molar-refractivity contribution in [2.75, 3.05) is 11.9 Å². The van der Waals surface area contributed by atoms with E-state index in [1.807, 2.05) is 24.3 Å². The van der Waals surface area contributed by atoms with Crippen LogP contribution in [0.5, 0.6) is 5.75 Å². The van der Waals surface area contributed by atoms with Crippen molar-refractivity contribution in [2.24, 2.45) is 0 Å². The lowest BCUT2D eigenvalue weighted by Crippen LogP contribution is -1.98. The van der Waals surface area contributed by atoms with Gasteiger partial charge in [-0.2, -0.15) is 0 Å². The average Bonchev–Trinajstić information content (AvgIpc) is 3.20. The van der Waals surface area contributed by atoms with E-state index in [2.05, 4.69) is 31.9 Å². The van der Waals surface area contributed by atoms with Gasteiger partial charge in [-0.05, 0) is 30.7 Å².